The molecule has 1 atom stereocenters. The second-order valence-electron chi connectivity index (χ2n) is 6.19. The summed E-state index contributed by atoms with van der Waals surface area (Å²) < 4.78 is 0. The monoisotopic (exact) mass is 439 g/mol. The summed E-state index contributed by atoms with van der Waals surface area (Å²) >= 11 is 17.9. The fourth-order valence-corrected chi connectivity index (χ4v) is 3.46. The number of nitrogens with zero attached hydrogens (tertiary/aromatic N) is 1. The lowest BCUT2D eigenvalue weighted by Gasteiger charge is -2.18. The van der Waals surface area contributed by atoms with E-state index in [9.17, 15) is 14.4 Å². The van der Waals surface area contributed by atoms with Crippen molar-refractivity contribution in [2.45, 2.75) is 6.42 Å². The van der Waals surface area contributed by atoms with Gasteiger partial charge < -0.3 is 15.5 Å². The van der Waals surface area contributed by atoms with Crippen molar-refractivity contribution in [3.05, 3.63) is 57.0 Å². The van der Waals surface area contributed by atoms with Crippen LogP contribution in [-0.4, -0.2) is 31.3 Å². The second-order valence-corrected chi connectivity index (χ2v) is 7.44. The maximum atomic E-state index is 12.8. The minimum atomic E-state index is -0.873. The Morgan fingerprint density at radius 2 is 1.82 bits per heavy atom. The van der Waals surface area contributed by atoms with Crippen molar-refractivity contribution in [1.29, 1.82) is 0 Å². The Labute approximate surface area is 176 Å². The highest BCUT2D eigenvalue weighted by Gasteiger charge is 2.38. The number of benzene rings is 2. The van der Waals surface area contributed by atoms with Crippen molar-refractivity contribution in [3.63, 3.8) is 0 Å². The molecule has 146 valence electrons. The summed E-state index contributed by atoms with van der Waals surface area (Å²) in [5.41, 5.74) is 1.08. The van der Waals surface area contributed by atoms with Crippen molar-refractivity contribution in [1.82, 2.24) is 5.32 Å². The van der Waals surface area contributed by atoms with Gasteiger partial charge in [0.1, 0.15) is 5.92 Å². The molecule has 0 aliphatic carbocycles. The van der Waals surface area contributed by atoms with E-state index in [0.29, 0.717) is 33.7 Å². The molecule has 1 saturated heterocycles. The van der Waals surface area contributed by atoms with Gasteiger partial charge in [-0.3, -0.25) is 14.4 Å². The van der Waals surface area contributed by atoms with E-state index in [-0.39, 0.29) is 17.2 Å². The van der Waals surface area contributed by atoms with E-state index < -0.39 is 17.7 Å². The van der Waals surface area contributed by atoms with Crippen molar-refractivity contribution in [3.8, 4) is 0 Å². The first-order valence-electron chi connectivity index (χ1n) is 8.40. The zero-order valence-electron chi connectivity index (χ0n) is 14.8. The van der Waals surface area contributed by atoms with Gasteiger partial charge in [-0.15, -0.1) is 0 Å². The van der Waals surface area contributed by atoms with Crippen molar-refractivity contribution in [2.75, 3.05) is 23.8 Å². The minimum Gasteiger partial charge on any atom is -0.355 e. The van der Waals surface area contributed by atoms with Gasteiger partial charge in [0, 0.05) is 24.3 Å². The average molecular weight is 441 g/mol. The van der Waals surface area contributed by atoms with Gasteiger partial charge in [-0.2, -0.15) is 0 Å². The molecule has 1 aliphatic rings. The zero-order chi connectivity index (χ0) is 20.4. The van der Waals surface area contributed by atoms with E-state index >= 15 is 0 Å². The predicted molar refractivity (Wildman–Crippen MR) is 110 cm³/mol. The van der Waals surface area contributed by atoms with Gasteiger partial charge in [0.25, 0.3) is 5.91 Å². The Balaban J connectivity index is 1.78. The van der Waals surface area contributed by atoms with Crippen LogP contribution in [0, 0.1) is 5.92 Å². The molecule has 9 heteroatoms. The summed E-state index contributed by atoms with van der Waals surface area (Å²) in [6.45, 7) is 0.373. The molecule has 2 aromatic carbocycles. The van der Waals surface area contributed by atoms with E-state index in [2.05, 4.69) is 10.6 Å². The fraction of sp³-hybridized carbons (Fsp3) is 0.211. The van der Waals surface area contributed by atoms with Gasteiger partial charge in [-0.1, -0.05) is 34.8 Å². The molecular formula is C19H16Cl3N3O3. The van der Waals surface area contributed by atoms with E-state index in [1.807, 2.05) is 0 Å². The Morgan fingerprint density at radius 1 is 1.07 bits per heavy atom. The molecule has 1 heterocycles. The Kier molecular flexibility index (Phi) is 6.13. The first kappa shape index (κ1) is 20.5. The highest BCUT2D eigenvalue weighted by Crippen LogP contribution is 2.32. The number of hydrogen-bond donors (Lipinski definition) is 2. The summed E-state index contributed by atoms with van der Waals surface area (Å²) in [5.74, 6) is -2.10. The average Bonchev–Trinajstić information content (AvgIpc) is 3.06. The number of rotatable bonds is 4. The largest absolute Gasteiger partial charge is 0.355 e. The summed E-state index contributed by atoms with van der Waals surface area (Å²) in [6, 6.07) is 9.40. The van der Waals surface area contributed by atoms with Gasteiger partial charge in [0.05, 0.1) is 21.3 Å². The number of nitrogens with one attached hydrogen (secondary N) is 2. The lowest BCUT2D eigenvalue weighted by molar-refractivity contribution is -0.129. The van der Waals surface area contributed by atoms with Crippen LogP contribution >= 0.6 is 34.8 Å². The molecule has 1 aliphatic heterocycles. The Morgan fingerprint density at radius 3 is 2.50 bits per heavy atom. The summed E-state index contributed by atoms with van der Waals surface area (Å²) in [5, 5.41) is 6.23. The topological polar surface area (TPSA) is 78.5 Å². The van der Waals surface area contributed by atoms with Crippen LogP contribution < -0.4 is 15.5 Å². The van der Waals surface area contributed by atoms with Gasteiger partial charge >= 0.3 is 0 Å². The summed E-state index contributed by atoms with van der Waals surface area (Å²) in [6.07, 6.45) is 0.341. The van der Waals surface area contributed by atoms with Crippen molar-refractivity contribution in [2.24, 2.45) is 5.92 Å². The van der Waals surface area contributed by atoms with Crippen LogP contribution in [0.25, 0.3) is 0 Å². The molecule has 1 fully saturated rings. The standard InChI is InChI=1S/C19H16Cl3N3O3/c1-23-17(26)13-8-10(20)2-5-16(13)24-18(27)12-6-7-25(19(12)28)11-3-4-14(21)15(22)9-11/h2-5,8-9,12H,6-7H2,1H3,(H,23,26)(H,24,27)/t12-/m1/s1. The zero-order valence-corrected chi connectivity index (χ0v) is 17.0. The highest BCUT2D eigenvalue weighted by molar-refractivity contribution is 6.42. The van der Waals surface area contributed by atoms with Crippen LogP contribution in [0.2, 0.25) is 15.1 Å². The van der Waals surface area contributed by atoms with Crippen LogP contribution in [0.3, 0.4) is 0 Å². The van der Waals surface area contributed by atoms with Crippen LogP contribution in [0.1, 0.15) is 16.8 Å². The van der Waals surface area contributed by atoms with Gasteiger partial charge in [-0.05, 0) is 42.8 Å². The van der Waals surface area contributed by atoms with Crippen molar-refractivity contribution < 1.29 is 14.4 Å². The fourth-order valence-electron chi connectivity index (χ4n) is 3.00. The maximum Gasteiger partial charge on any atom is 0.253 e. The molecular weight excluding hydrogens is 425 g/mol. The molecule has 0 spiro atoms. The molecule has 6 nitrogen and oxygen atoms in total. The molecule has 0 saturated carbocycles. The third-order valence-electron chi connectivity index (χ3n) is 4.45. The molecule has 0 radical (unpaired) electrons. The quantitative estimate of drug-likeness (QED) is 0.705. The molecule has 0 aromatic heterocycles. The Hall–Kier alpha value is -2.28. The lowest BCUT2D eigenvalue weighted by atomic mass is 10.1. The number of hydrogen-bond acceptors (Lipinski definition) is 3. The van der Waals surface area contributed by atoms with Gasteiger partial charge in [0.2, 0.25) is 11.8 Å². The first-order chi connectivity index (χ1) is 13.3. The first-order valence-corrected chi connectivity index (χ1v) is 9.54. The number of amides is 3. The third kappa shape index (κ3) is 4.09. The van der Waals surface area contributed by atoms with Crippen LogP contribution in [-0.2, 0) is 9.59 Å². The van der Waals surface area contributed by atoms with E-state index in [1.54, 1.807) is 24.3 Å². The van der Waals surface area contributed by atoms with Crippen molar-refractivity contribution >= 4 is 63.9 Å². The molecule has 0 bridgehead atoms. The number of halogens is 3. The number of carbonyl (C=O) groups is 3. The van der Waals surface area contributed by atoms with E-state index in [0.717, 1.165) is 0 Å². The minimum absolute atomic E-state index is 0.218. The Bertz CT molecular complexity index is 965. The predicted octanol–water partition coefficient (Wildman–Crippen LogP) is 4.00. The third-order valence-corrected chi connectivity index (χ3v) is 5.42. The summed E-state index contributed by atoms with van der Waals surface area (Å²) in [4.78, 5) is 39.0. The molecule has 28 heavy (non-hydrogen) atoms. The molecule has 3 amide bonds. The molecule has 3 rings (SSSR count). The van der Waals surface area contributed by atoms with Crippen LogP contribution in [0.5, 0.6) is 0 Å². The van der Waals surface area contributed by atoms with Crippen LogP contribution in [0.15, 0.2) is 36.4 Å². The SMILES string of the molecule is CNC(=O)c1cc(Cl)ccc1NC(=O)[C@H]1CCN(c2ccc(Cl)c(Cl)c2)C1=O. The van der Waals surface area contributed by atoms with Gasteiger partial charge in [-0.25, -0.2) is 0 Å². The smallest absolute Gasteiger partial charge is 0.253 e. The highest BCUT2D eigenvalue weighted by atomic mass is 35.5. The molecule has 0 unspecified atom stereocenters. The summed E-state index contributed by atoms with van der Waals surface area (Å²) in [7, 11) is 1.48. The number of anilines is 2. The number of carbonyl (C=O) groups excluding carboxylic acids is 3. The van der Waals surface area contributed by atoms with E-state index in [1.165, 1.54) is 24.1 Å². The normalized spacial score (nSPS) is 16.2. The molecule has 2 aromatic rings. The maximum absolute atomic E-state index is 12.8. The molecule has 2 N–H and O–H groups in total. The van der Waals surface area contributed by atoms with Gasteiger partial charge in [0.15, 0.2) is 0 Å². The second kappa shape index (κ2) is 8.39. The van der Waals surface area contributed by atoms with Crippen LogP contribution in [0.4, 0.5) is 11.4 Å². The lowest BCUT2D eigenvalue weighted by Crippen LogP contribution is -2.33. The van der Waals surface area contributed by atoms with E-state index in [4.69, 9.17) is 34.8 Å².